The molecule has 1 aliphatic rings. The van der Waals surface area contributed by atoms with E-state index >= 15 is 0 Å². The van der Waals surface area contributed by atoms with Crippen LogP contribution >= 0.6 is 0 Å². The molecule has 1 N–H and O–H groups in total. The second kappa shape index (κ2) is 5.19. The molecule has 2 aromatic rings. The summed E-state index contributed by atoms with van der Waals surface area (Å²) in [6, 6.07) is 6.34. The molecule has 2 nitrogen and oxygen atoms in total. The summed E-state index contributed by atoms with van der Waals surface area (Å²) in [5.74, 6) is -0.821. The minimum absolute atomic E-state index is 0.0587. The number of nitrogens with zero attached hydrogens (tertiary/aromatic N) is 1. The van der Waals surface area contributed by atoms with Gasteiger partial charge in [-0.15, -0.1) is 0 Å². The third-order valence-electron chi connectivity index (χ3n) is 3.77. The molecule has 0 fully saturated rings. The van der Waals surface area contributed by atoms with Gasteiger partial charge in [-0.2, -0.15) is 0 Å². The van der Waals surface area contributed by atoms with Crippen molar-refractivity contribution in [3.63, 3.8) is 0 Å². The highest BCUT2D eigenvalue weighted by molar-refractivity contribution is 5.49. The number of nitrogens with one attached hydrogen (secondary N) is 1. The Kier molecular flexibility index (Phi) is 3.38. The van der Waals surface area contributed by atoms with Crippen LogP contribution in [-0.2, 0) is 6.42 Å². The van der Waals surface area contributed by atoms with E-state index < -0.39 is 11.6 Å². The predicted octanol–water partition coefficient (Wildman–Crippen LogP) is 4.16. The SMILES string of the molecule is Cc1cc(F)c(NC2CCCc3cccnc32)cc1F. The summed E-state index contributed by atoms with van der Waals surface area (Å²) in [6.07, 6.45) is 4.63. The topological polar surface area (TPSA) is 24.9 Å². The molecule has 0 spiro atoms. The van der Waals surface area contributed by atoms with Crippen LogP contribution in [0.25, 0.3) is 0 Å². The summed E-state index contributed by atoms with van der Waals surface area (Å²) in [7, 11) is 0. The van der Waals surface area contributed by atoms with Gasteiger partial charge in [0.25, 0.3) is 0 Å². The van der Waals surface area contributed by atoms with Gasteiger partial charge >= 0.3 is 0 Å². The lowest BCUT2D eigenvalue weighted by Crippen LogP contribution is -2.19. The molecular formula is C16H16F2N2. The molecular weight excluding hydrogens is 258 g/mol. The number of halogens is 2. The highest BCUT2D eigenvalue weighted by atomic mass is 19.1. The van der Waals surface area contributed by atoms with Gasteiger partial charge in [0.15, 0.2) is 0 Å². The number of hydrogen-bond donors (Lipinski definition) is 1. The lowest BCUT2D eigenvalue weighted by molar-refractivity contribution is 0.566. The Morgan fingerprint density at radius 1 is 1.25 bits per heavy atom. The van der Waals surface area contributed by atoms with E-state index in [-0.39, 0.29) is 11.7 Å². The fourth-order valence-corrected chi connectivity index (χ4v) is 2.69. The van der Waals surface area contributed by atoms with Crippen LogP contribution in [0.4, 0.5) is 14.5 Å². The van der Waals surface area contributed by atoms with E-state index in [2.05, 4.69) is 10.3 Å². The molecule has 1 aliphatic carbocycles. The first-order valence-corrected chi connectivity index (χ1v) is 6.81. The standard InChI is InChI=1S/C16H16F2N2/c1-10-8-13(18)15(9-12(10)17)20-14-6-2-4-11-5-3-7-19-16(11)14/h3,5,7-9,14,20H,2,4,6H2,1H3. The molecule has 0 saturated carbocycles. The van der Waals surface area contributed by atoms with Crippen LogP contribution in [0.3, 0.4) is 0 Å². The molecule has 4 heteroatoms. The molecule has 0 radical (unpaired) electrons. The van der Waals surface area contributed by atoms with Gasteiger partial charge in [0.1, 0.15) is 11.6 Å². The largest absolute Gasteiger partial charge is 0.374 e. The predicted molar refractivity (Wildman–Crippen MR) is 74.6 cm³/mol. The average molecular weight is 274 g/mol. The zero-order valence-corrected chi connectivity index (χ0v) is 11.3. The zero-order chi connectivity index (χ0) is 14.1. The minimum atomic E-state index is -0.424. The highest BCUT2D eigenvalue weighted by Gasteiger charge is 2.22. The second-order valence-corrected chi connectivity index (χ2v) is 5.22. The van der Waals surface area contributed by atoms with Crippen molar-refractivity contribution in [1.29, 1.82) is 0 Å². The first-order valence-electron chi connectivity index (χ1n) is 6.81. The van der Waals surface area contributed by atoms with Gasteiger partial charge in [-0.3, -0.25) is 4.98 Å². The summed E-state index contributed by atoms with van der Waals surface area (Å²) in [5, 5.41) is 3.10. The van der Waals surface area contributed by atoms with Crippen molar-refractivity contribution in [3.05, 3.63) is 58.9 Å². The lowest BCUT2D eigenvalue weighted by Gasteiger charge is -2.26. The van der Waals surface area contributed by atoms with Gasteiger partial charge in [-0.05, 0) is 49.4 Å². The summed E-state index contributed by atoms with van der Waals surface area (Å²) < 4.78 is 27.5. The van der Waals surface area contributed by atoms with Crippen molar-refractivity contribution < 1.29 is 8.78 Å². The van der Waals surface area contributed by atoms with Crippen LogP contribution in [0.2, 0.25) is 0 Å². The monoisotopic (exact) mass is 274 g/mol. The molecule has 20 heavy (non-hydrogen) atoms. The maximum Gasteiger partial charge on any atom is 0.146 e. The van der Waals surface area contributed by atoms with Gasteiger partial charge in [-0.1, -0.05) is 6.07 Å². The summed E-state index contributed by atoms with van der Waals surface area (Å²) in [4.78, 5) is 4.39. The van der Waals surface area contributed by atoms with E-state index in [0.717, 1.165) is 25.0 Å². The molecule has 1 aromatic heterocycles. The normalized spacial score (nSPS) is 17.6. The molecule has 0 aliphatic heterocycles. The zero-order valence-electron chi connectivity index (χ0n) is 11.3. The van der Waals surface area contributed by atoms with Crippen LogP contribution in [0.15, 0.2) is 30.5 Å². The molecule has 1 heterocycles. The Balaban J connectivity index is 1.91. The van der Waals surface area contributed by atoms with Gasteiger partial charge in [0.2, 0.25) is 0 Å². The van der Waals surface area contributed by atoms with E-state index in [4.69, 9.17) is 0 Å². The molecule has 1 unspecified atom stereocenters. The fraction of sp³-hybridized carbons (Fsp3) is 0.312. The molecule has 0 bridgehead atoms. The van der Waals surface area contributed by atoms with Gasteiger partial charge in [0.05, 0.1) is 17.4 Å². The Hall–Kier alpha value is -1.97. The number of hydrogen-bond acceptors (Lipinski definition) is 2. The van der Waals surface area contributed by atoms with Crippen molar-refractivity contribution in [2.24, 2.45) is 0 Å². The molecule has 0 saturated heterocycles. The van der Waals surface area contributed by atoms with E-state index in [9.17, 15) is 8.78 Å². The van der Waals surface area contributed by atoms with E-state index in [1.165, 1.54) is 17.7 Å². The smallest absolute Gasteiger partial charge is 0.146 e. The number of anilines is 1. The van der Waals surface area contributed by atoms with Crippen LogP contribution < -0.4 is 5.32 Å². The summed E-state index contributed by atoms with van der Waals surface area (Å²) >= 11 is 0. The Bertz CT molecular complexity index is 640. The van der Waals surface area contributed by atoms with Gasteiger partial charge in [-0.25, -0.2) is 8.78 Å². The van der Waals surface area contributed by atoms with E-state index in [1.54, 1.807) is 13.1 Å². The Labute approximate surface area is 116 Å². The van der Waals surface area contributed by atoms with Crippen LogP contribution in [-0.4, -0.2) is 4.98 Å². The van der Waals surface area contributed by atoms with Crippen molar-refractivity contribution in [1.82, 2.24) is 4.98 Å². The first kappa shape index (κ1) is 13.0. The van der Waals surface area contributed by atoms with Crippen LogP contribution in [0, 0.1) is 18.6 Å². The summed E-state index contributed by atoms with van der Waals surface area (Å²) in [5.41, 5.74) is 2.65. The molecule has 1 atom stereocenters. The number of fused-ring (bicyclic) bond motifs is 1. The quantitative estimate of drug-likeness (QED) is 0.889. The number of benzene rings is 1. The number of aryl methyl sites for hydroxylation is 2. The average Bonchev–Trinajstić information content (AvgIpc) is 2.45. The minimum Gasteiger partial charge on any atom is -0.374 e. The maximum absolute atomic E-state index is 13.9. The second-order valence-electron chi connectivity index (χ2n) is 5.22. The summed E-state index contributed by atoms with van der Waals surface area (Å²) in [6.45, 7) is 1.56. The van der Waals surface area contributed by atoms with Crippen LogP contribution in [0.1, 0.15) is 35.7 Å². The number of aromatic nitrogens is 1. The van der Waals surface area contributed by atoms with E-state index in [1.807, 2.05) is 12.1 Å². The van der Waals surface area contributed by atoms with Crippen molar-refractivity contribution in [2.45, 2.75) is 32.2 Å². The highest BCUT2D eigenvalue weighted by Crippen LogP contribution is 2.32. The molecule has 3 rings (SSSR count). The van der Waals surface area contributed by atoms with Crippen LogP contribution in [0.5, 0.6) is 0 Å². The molecule has 1 aromatic carbocycles. The third-order valence-corrected chi connectivity index (χ3v) is 3.77. The Morgan fingerprint density at radius 3 is 2.95 bits per heavy atom. The fourth-order valence-electron chi connectivity index (χ4n) is 2.69. The number of rotatable bonds is 2. The first-order chi connectivity index (χ1) is 9.65. The van der Waals surface area contributed by atoms with Gasteiger partial charge in [0, 0.05) is 12.3 Å². The maximum atomic E-state index is 13.9. The molecule has 104 valence electrons. The molecule has 0 amide bonds. The lowest BCUT2D eigenvalue weighted by atomic mass is 9.91. The van der Waals surface area contributed by atoms with Crippen molar-refractivity contribution in [3.8, 4) is 0 Å². The van der Waals surface area contributed by atoms with Gasteiger partial charge < -0.3 is 5.32 Å². The van der Waals surface area contributed by atoms with Crippen molar-refractivity contribution >= 4 is 5.69 Å². The number of pyridine rings is 1. The third kappa shape index (κ3) is 2.38. The van der Waals surface area contributed by atoms with E-state index in [0.29, 0.717) is 5.56 Å². The Morgan fingerprint density at radius 2 is 2.10 bits per heavy atom. The van der Waals surface area contributed by atoms with Crippen molar-refractivity contribution in [2.75, 3.05) is 5.32 Å².